The van der Waals surface area contributed by atoms with E-state index >= 15 is 0 Å². The Hall–Kier alpha value is -0.610. The van der Waals surface area contributed by atoms with Crippen LogP contribution in [0.1, 0.15) is 40.5 Å². The number of rotatable bonds is 4. The van der Waals surface area contributed by atoms with Crippen molar-refractivity contribution in [1.82, 2.24) is 5.32 Å². The molecule has 1 rings (SSSR count). The topological polar surface area (TPSA) is 47.6 Å². The summed E-state index contributed by atoms with van der Waals surface area (Å²) in [5.41, 5.74) is -0.120. The number of carbonyl (C=O) groups excluding carboxylic acids is 1. The molecule has 1 saturated heterocycles. The predicted molar refractivity (Wildman–Crippen MR) is 62.3 cm³/mol. The Morgan fingerprint density at radius 1 is 1.44 bits per heavy atom. The molecule has 0 unspecified atom stereocenters. The molecular formula is C12H23NO3. The van der Waals surface area contributed by atoms with E-state index in [0.29, 0.717) is 13.0 Å². The first kappa shape index (κ1) is 13.5. The molecule has 1 N–H and O–H groups in total. The van der Waals surface area contributed by atoms with Crippen molar-refractivity contribution < 1.29 is 14.3 Å². The van der Waals surface area contributed by atoms with Crippen molar-refractivity contribution >= 4 is 5.97 Å². The van der Waals surface area contributed by atoms with Crippen molar-refractivity contribution in [2.75, 3.05) is 13.2 Å². The lowest BCUT2D eigenvalue weighted by molar-refractivity contribution is -0.143. The van der Waals surface area contributed by atoms with Crippen LogP contribution in [0.5, 0.6) is 0 Å². The molecule has 0 aromatic heterocycles. The lowest BCUT2D eigenvalue weighted by Crippen LogP contribution is -2.28. The van der Waals surface area contributed by atoms with E-state index < -0.39 is 0 Å². The first-order valence-corrected chi connectivity index (χ1v) is 5.97. The second-order valence-electron chi connectivity index (χ2n) is 5.20. The Balaban J connectivity index is 2.27. The molecule has 0 amide bonds. The second-order valence-corrected chi connectivity index (χ2v) is 5.20. The van der Waals surface area contributed by atoms with E-state index in [-0.39, 0.29) is 23.7 Å². The maximum Gasteiger partial charge on any atom is 0.307 e. The Labute approximate surface area is 97.7 Å². The van der Waals surface area contributed by atoms with Gasteiger partial charge < -0.3 is 14.8 Å². The molecule has 0 bridgehead atoms. The molecule has 0 spiro atoms. The van der Waals surface area contributed by atoms with Crippen molar-refractivity contribution in [3.63, 3.8) is 0 Å². The fourth-order valence-electron chi connectivity index (χ4n) is 1.95. The van der Waals surface area contributed by atoms with Gasteiger partial charge in [-0.25, -0.2) is 0 Å². The second kappa shape index (κ2) is 5.64. The lowest BCUT2D eigenvalue weighted by Gasteiger charge is -2.24. The number of hydrogen-bond donors (Lipinski definition) is 1. The van der Waals surface area contributed by atoms with Gasteiger partial charge in [-0.3, -0.25) is 4.79 Å². The molecular weight excluding hydrogens is 206 g/mol. The largest absolute Gasteiger partial charge is 0.466 e. The molecule has 4 heteroatoms. The van der Waals surface area contributed by atoms with Gasteiger partial charge in [-0.05, 0) is 34.1 Å². The average molecular weight is 229 g/mol. The third-order valence-corrected chi connectivity index (χ3v) is 2.42. The molecule has 1 fully saturated rings. The van der Waals surface area contributed by atoms with Gasteiger partial charge in [0, 0.05) is 12.6 Å². The van der Waals surface area contributed by atoms with Gasteiger partial charge in [-0.1, -0.05) is 0 Å². The molecule has 1 heterocycles. The predicted octanol–water partition coefficient (Wildman–Crippen LogP) is 1.49. The van der Waals surface area contributed by atoms with Crippen LogP contribution >= 0.6 is 0 Å². The van der Waals surface area contributed by atoms with E-state index in [2.05, 4.69) is 5.32 Å². The number of carbonyl (C=O) groups is 1. The zero-order chi connectivity index (χ0) is 12.2. The van der Waals surface area contributed by atoms with Crippen molar-refractivity contribution in [3.8, 4) is 0 Å². The molecule has 2 atom stereocenters. The molecule has 1 aliphatic rings. The summed E-state index contributed by atoms with van der Waals surface area (Å²) in [7, 11) is 0. The van der Waals surface area contributed by atoms with Gasteiger partial charge in [0.2, 0.25) is 0 Å². The van der Waals surface area contributed by atoms with Gasteiger partial charge in [0.25, 0.3) is 0 Å². The SMILES string of the molecule is CCOC(=O)C[C@@H]1C[C@@H](OC(C)(C)C)CN1. The molecule has 0 aromatic rings. The minimum absolute atomic E-state index is 0.120. The molecule has 4 nitrogen and oxygen atoms in total. The molecule has 16 heavy (non-hydrogen) atoms. The van der Waals surface area contributed by atoms with Crippen LogP contribution in [-0.2, 0) is 14.3 Å². The minimum Gasteiger partial charge on any atom is -0.466 e. The van der Waals surface area contributed by atoms with Gasteiger partial charge in [0.05, 0.1) is 24.7 Å². The quantitative estimate of drug-likeness (QED) is 0.742. The summed E-state index contributed by atoms with van der Waals surface area (Å²) >= 11 is 0. The zero-order valence-electron chi connectivity index (χ0n) is 10.7. The minimum atomic E-state index is -0.128. The molecule has 0 aromatic carbocycles. The first-order valence-electron chi connectivity index (χ1n) is 5.97. The maximum atomic E-state index is 11.3. The normalized spacial score (nSPS) is 25.8. The summed E-state index contributed by atoms with van der Waals surface area (Å²) in [6.45, 7) is 9.24. The van der Waals surface area contributed by atoms with Crippen molar-refractivity contribution in [2.45, 2.75) is 58.3 Å². The molecule has 0 radical (unpaired) electrons. The van der Waals surface area contributed by atoms with Crippen LogP contribution in [0.15, 0.2) is 0 Å². The molecule has 1 aliphatic heterocycles. The summed E-state index contributed by atoms with van der Waals surface area (Å²) in [6.07, 6.45) is 1.54. The Bertz CT molecular complexity index is 235. The Morgan fingerprint density at radius 2 is 2.12 bits per heavy atom. The maximum absolute atomic E-state index is 11.3. The zero-order valence-corrected chi connectivity index (χ0v) is 10.7. The summed E-state index contributed by atoms with van der Waals surface area (Å²) in [5, 5.41) is 3.29. The smallest absolute Gasteiger partial charge is 0.307 e. The molecule has 0 saturated carbocycles. The van der Waals surface area contributed by atoms with Crippen LogP contribution in [-0.4, -0.2) is 36.9 Å². The third-order valence-electron chi connectivity index (χ3n) is 2.42. The Morgan fingerprint density at radius 3 is 2.69 bits per heavy atom. The highest BCUT2D eigenvalue weighted by Gasteiger charge is 2.29. The highest BCUT2D eigenvalue weighted by molar-refractivity contribution is 5.70. The van der Waals surface area contributed by atoms with E-state index in [4.69, 9.17) is 9.47 Å². The van der Waals surface area contributed by atoms with E-state index in [9.17, 15) is 4.79 Å². The number of ether oxygens (including phenoxy) is 2. The fourth-order valence-corrected chi connectivity index (χ4v) is 1.95. The van der Waals surface area contributed by atoms with Crippen LogP contribution < -0.4 is 5.32 Å². The van der Waals surface area contributed by atoms with Crippen molar-refractivity contribution in [3.05, 3.63) is 0 Å². The molecule has 0 aliphatic carbocycles. The summed E-state index contributed by atoms with van der Waals surface area (Å²) < 4.78 is 10.8. The Kier molecular flexibility index (Phi) is 4.74. The van der Waals surface area contributed by atoms with Gasteiger partial charge in [-0.2, -0.15) is 0 Å². The fraction of sp³-hybridized carbons (Fsp3) is 0.917. The highest BCUT2D eigenvalue weighted by atomic mass is 16.5. The summed E-state index contributed by atoms with van der Waals surface area (Å²) in [6, 6.07) is 0.200. The summed E-state index contributed by atoms with van der Waals surface area (Å²) in [5.74, 6) is -0.128. The van der Waals surface area contributed by atoms with Crippen LogP contribution in [0.25, 0.3) is 0 Å². The lowest BCUT2D eigenvalue weighted by atomic mass is 10.1. The van der Waals surface area contributed by atoms with Crippen LogP contribution in [0.3, 0.4) is 0 Å². The van der Waals surface area contributed by atoms with Crippen LogP contribution in [0, 0.1) is 0 Å². The van der Waals surface area contributed by atoms with Gasteiger partial charge >= 0.3 is 5.97 Å². The van der Waals surface area contributed by atoms with Gasteiger partial charge in [0.15, 0.2) is 0 Å². The van der Waals surface area contributed by atoms with Gasteiger partial charge in [0.1, 0.15) is 0 Å². The summed E-state index contributed by atoms with van der Waals surface area (Å²) in [4.78, 5) is 11.3. The van der Waals surface area contributed by atoms with E-state index in [1.165, 1.54) is 0 Å². The number of nitrogens with one attached hydrogen (secondary N) is 1. The van der Waals surface area contributed by atoms with E-state index in [1.54, 1.807) is 0 Å². The monoisotopic (exact) mass is 229 g/mol. The molecule has 94 valence electrons. The van der Waals surface area contributed by atoms with Crippen LogP contribution in [0.2, 0.25) is 0 Å². The third kappa shape index (κ3) is 4.94. The van der Waals surface area contributed by atoms with E-state index in [1.807, 2.05) is 27.7 Å². The average Bonchev–Trinajstić information content (AvgIpc) is 2.49. The standard InChI is InChI=1S/C12H23NO3/c1-5-15-11(14)7-9-6-10(8-13-9)16-12(2,3)4/h9-10,13H,5-8H2,1-4H3/t9-,10+/m0/s1. The van der Waals surface area contributed by atoms with Gasteiger partial charge in [-0.15, -0.1) is 0 Å². The van der Waals surface area contributed by atoms with E-state index in [0.717, 1.165) is 13.0 Å². The number of hydrogen-bond acceptors (Lipinski definition) is 4. The number of esters is 1. The highest BCUT2D eigenvalue weighted by Crippen LogP contribution is 2.19. The first-order chi connectivity index (χ1) is 7.40. The van der Waals surface area contributed by atoms with Crippen LogP contribution in [0.4, 0.5) is 0 Å². The van der Waals surface area contributed by atoms with Crippen molar-refractivity contribution in [2.24, 2.45) is 0 Å². The van der Waals surface area contributed by atoms with Crippen molar-refractivity contribution in [1.29, 1.82) is 0 Å².